The number of carbonyl (C=O) groups excluding carboxylic acids is 5. The largest absolute Gasteiger partial charge is 0.472 e. The van der Waals surface area contributed by atoms with Crippen molar-refractivity contribution in [2.75, 3.05) is 38.7 Å². The molecule has 17 heteroatoms. The van der Waals surface area contributed by atoms with Gasteiger partial charge in [-0.2, -0.15) is 11.8 Å². The maximum absolute atomic E-state index is 12.9. The van der Waals surface area contributed by atoms with Gasteiger partial charge in [0.05, 0.1) is 25.3 Å². The van der Waals surface area contributed by atoms with Crippen LogP contribution in [0.5, 0.6) is 0 Å². The third-order valence-corrected chi connectivity index (χ3v) is 16.1. The number of esters is 2. The quantitative estimate of drug-likeness (QED) is 0.0127. The minimum absolute atomic E-state index is 0.0165. The van der Waals surface area contributed by atoms with E-state index in [2.05, 4.69) is 59.4 Å². The summed E-state index contributed by atoms with van der Waals surface area (Å²) >= 11 is 1.88. The van der Waals surface area contributed by atoms with Crippen LogP contribution in [0.2, 0.25) is 0 Å². The van der Waals surface area contributed by atoms with Crippen molar-refractivity contribution in [3.8, 4) is 0 Å². The van der Waals surface area contributed by atoms with Crippen LogP contribution >= 0.6 is 19.6 Å². The molecule has 2 saturated heterocycles. The van der Waals surface area contributed by atoms with Crippen LogP contribution in [0.25, 0.3) is 0 Å². The number of hydrogen-bond donors (Lipinski definition) is 5. The minimum atomic E-state index is -4.60. The highest BCUT2D eigenvalue weighted by Gasteiger charge is 2.42. The molecule has 2 aliphatic rings. The van der Waals surface area contributed by atoms with Crippen LogP contribution in [0.3, 0.4) is 0 Å². The average molecular weight is 1080 g/mol. The zero-order chi connectivity index (χ0) is 53.6. The number of unbranched alkanes of at least 4 members (excludes halogenated alkanes) is 25. The zero-order valence-corrected chi connectivity index (χ0v) is 47.9. The summed E-state index contributed by atoms with van der Waals surface area (Å²) in [6, 6.07) is 0.303. The third-order valence-electron chi connectivity index (χ3n) is 13.6. The summed E-state index contributed by atoms with van der Waals surface area (Å²) in [6.07, 6.45) is 43.8. The van der Waals surface area contributed by atoms with E-state index in [4.69, 9.17) is 18.5 Å². The van der Waals surface area contributed by atoms with E-state index in [1.165, 1.54) is 77.0 Å². The highest BCUT2D eigenvalue weighted by molar-refractivity contribution is 8.00. The Bertz CT molecular complexity index is 1590. The number of carbonyl (C=O) groups is 5. The summed E-state index contributed by atoms with van der Waals surface area (Å²) in [4.78, 5) is 72.1. The number of hydrogen-bond acceptors (Lipinski definition) is 11. The Morgan fingerprint density at radius 1 is 0.595 bits per heavy atom. The first-order chi connectivity index (χ1) is 36.0. The van der Waals surface area contributed by atoms with Crippen molar-refractivity contribution in [3.05, 3.63) is 24.3 Å². The fourth-order valence-electron chi connectivity index (χ4n) is 9.13. The van der Waals surface area contributed by atoms with Gasteiger partial charge in [0.2, 0.25) is 11.8 Å². The SMILES string of the molecule is CCCCCCCC/C=C/CCCCCCCC(=O)OCC(COP(=O)(O)OCCNC(=O)CCCCCNC(=O)CCCCC1SCC2NC(=O)NC21)OC(=O)CCCCCCC/C=C/CCCCCCCC. The number of rotatable bonds is 51. The van der Waals surface area contributed by atoms with Gasteiger partial charge in [0.1, 0.15) is 6.61 Å². The Morgan fingerprint density at radius 3 is 1.64 bits per heavy atom. The number of thioether (sulfide) groups is 1. The maximum Gasteiger partial charge on any atom is 0.472 e. The molecule has 0 radical (unpaired) electrons. The summed E-state index contributed by atoms with van der Waals surface area (Å²) in [5.74, 6) is -0.209. The molecular weight excluding hydrogens is 980 g/mol. The Hall–Kier alpha value is -2.91. The Labute approximate surface area is 452 Å². The molecule has 428 valence electrons. The Balaban J connectivity index is 1.61. The predicted octanol–water partition coefficient (Wildman–Crippen LogP) is 13.2. The zero-order valence-electron chi connectivity index (χ0n) is 46.2. The van der Waals surface area contributed by atoms with Gasteiger partial charge >= 0.3 is 25.8 Å². The number of fused-ring (bicyclic) bond motifs is 1. The van der Waals surface area contributed by atoms with E-state index in [0.29, 0.717) is 37.5 Å². The average Bonchev–Trinajstić information content (AvgIpc) is 3.94. The first-order valence-electron chi connectivity index (χ1n) is 29.5. The molecule has 2 rings (SSSR count). The lowest BCUT2D eigenvalue weighted by Gasteiger charge is -2.20. The predicted molar refractivity (Wildman–Crippen MR) is 300 cm³/mol. The lowest BCUT2D eigenvalue weighted by Crippen LogP contribution is -2.36. The first kappa shape index (κ1) is 67.2. The van der Waals surface area contributed by atoms with E-state index in [-0.39, 0.29) is 69.0 Å². The van der Waals surface area contributed by atoms with E-state index < -0.39 is 32.5 Å². The maximum atomic E-state index is 12.9. The van der Waals surface area contributed by atoms with Crippen molar-refractivity contribution >= 4 is 49.4 Å². The molecule has 0 aromatic heterocycles. The standard InChI is InChI=1S/C57H103N4O11PS/c1-3-5-7-9-11-13-15-17-19-21-23-25-27-29-33-41-54(64)69-46-49(72-55(65)42-34-30-28-26-24-22-20-18-16-14-12-10-8-6-4-2)47-71-73(67,68)70-45-44-59-53(63)39-32-31-37-43-58-52(62)40-36-35-38-51-56-50(48-74-51)60-57(66)61-56/h17-20,49-51,56H,3-16,21-48H2,1-2H3,(H,58,62)(H,59,63)(H,67,68)(H2,60,61,66)/b19-17+,20-18+. The molecule has 0 spiro atoms. The number of phosphoric ester groups is 1. The number of amides is 4. The van der Waals surface area contributed by atoms with Crippen LogP contribution in [-0.2, 0) is 42.3 Å². The molecular formula is C57H103N4O11PS. The highest BCUT2D eigenvalue weighted by atomic mass is 32.2. The summed E-state index contributed by atoms with van der Waals surface area (Å²) in [5, 5.41) is 12.0. The van der Waals surface area contributed by atoms with E-state index in [9.17, 15) is 33.4 Å². The minimum Gasteiger partial charge on any atom is -0.462 e. The molecule has 4 amide bonds. The fraction of sp³-hybridized carbons (Fsp3) is 0.842. The number of phosphoric acid groups is 1. The molecule has 74 heavy (non-hydrogen) atoms. The lowest BCUT2D eigenvalue weighted by molar-refractivity contribution is -0.161. The fourth-order valence-corrected chi connectivity index (χ4v) is 11.4. The number of nitrogens with one attached hydrogen (secondary N) is 4. The van der Waals surface area contributed by atoms with E-state index in [0.717, 1.165) is 115 Å². The van der Waals surface area contributed by atoms with Crippen LogP contribution in [0, 0.1) is 0 Å². The van der Waals surface area contributed by atoms with Gasteiger partial charge in [-0.3, -0.25) is 28.2 Å². The van der Waals surface area contributed by atoms with Crippen LogP contribution in [0.4, 0.5) is 4.79 Å². The topological polar surface area (TPSA) is 208 Å². The van der Waals surface area contributed by atoms with Gasteiger partial charge in [-0.15, -0.1) is 0 Å². The monoisotopic (exact) mass is 1080 g/mol. The smallest absolute Gasteiger partial charge is 0.462 e. The van der Waals surface area contributed by atoms with Crippen molar-refractivity contribution < 1.29 is 52.0 Å². The van der Waals surface area contributed by atoms with Crippen LogP contribution in [0.1, 0.15) is 245 Å². The van der Waals surface area contributed by atoms with Crippen molar-refractivity contribution in [2.45, 2.75) is 268 Å². The van der Waals surface area contributed by atoms with Gasteiger partial charge in [-0.05, 0) is 89.9 Å². The molecule has 0 aromatic carbocycles. The lowest BCUT2D eigenvalue weighted by atomic mass is 10.0. The Morgan fingerprint density at radius 2 is 1.07 bits per heavy atom. The van der Waals surface area contributed by atoms with Gasteiger partial charge in [-0.1, -0.05) is 154 Å². The molecule has 0 saturated carbocycles. The number of urea groups is 1. The molecule has 2 heterocycles. The Kier molecular flexibility index (Phi) is 42.0. The van der Waals surface area contributed by atoms with Gasteiger partial charge in [0.25, 0.3) is 0 Å². The summed E-state index contributed by atoms with van der Waals surface area (Å²) < 4.78 is 34.1. The number of ether oxygens (including phenoxy) is 2. The van der Waals surface area contributed by atoms with Crippen LogP contribution in [-0.4, -0.2) is 96.8 Å². The van der Waals surface area contributed by atoms with Gasteiger partial charge in [-0.25, -0.2) is 9.36 Å². The molecule has 0 bridgehead atoms. The molecule has 2 aliphatic heterocycles. The third kappa shape index (κ3) is 38.6. The molecule has 5 atom stereocenters. The second kappa shape index (κ2) is 46.2. The van der Waals surface area contributed by atoms with Crippen molar-refractivity contribution in [2.24, 2.45) is 0 Å². The second-order valence-corrected chi connectivity index (χ2v) is 23.2. The highest BCUT2D eigenvalue weighted by Crippen LogP contribution is 2.43. The normalized spacial score (nSPS) is 17.5. The molecule has 5 N–H and O–H groups in total. The molecule has 0 aliphatic carbocycles. The van der Waals surface area contributed by atoms with E-state index in [1.54, 1.807) is 0 Å². The van der Waals surface area contributed by atoms with Gasteiger partial charge < -0.3 is 35.6 Å². The number of allylic oxidation sites excluding steroid dienone is 4. The van der Waals surface area contributed by atoms with Crippen molar-refractivity contribution in [3.63, 3.8) is 0 Å². The van der Waals surface area contributed by atoms with Crippen molar-refractivity contribution in [1.29, 1.82) is 0 Å². The van der Waals surface area contributed by atoms with E-state index in [1.807, 2.05) is 11.8 Å². The van der Waals surface area contributed by atoms with E-state index >= 15 is 0 Å². The van der Waals surface area contributed by atoms with Crippen molar-refractivity contribution in [1.82, 2.24) is 21.3 Å². The molecule has 5 unspecified atom stereocenters. The van der Waals surface area contributed by atoms with Gasteiger partial charge in [0.15, 0.2) is 6.10 Å². The van der Waals surface area contributed by atoms with Crippen LogP contribution < -0.4 is 21.3 Å². The van der Waals surface area contributed by atoms with Gasteiger partial charge in [0, 0.05) is 49.8 Å². The first-order valence-corrected chi connectivity index (χ1v) is 32.1. The molecule has 15 nitrogen and oxygen atoms in total. The summed E-state index contributed by atoms with van der Waals surface area (Å²) in [5.41, 5.74) is 0. The van der Waals surface area contributed by atoms with Crippen LogP contribution in [0.15, 0.2) is 24.3 Å². The summed E-state index contributed by atoms with van der Waals surface area (Å²) in [6.45, 7) is 3.89. The summed E-state index contributed by atoms with van der Waals surface area (Å²) in [7, 11) is -4.60. The second-order valence-electron chi connectivity index (χ2n) is 20.4. The molecule has 2 fully saturated rings. The molecule has 0 aromatic rings.